The number of nitrogens with zero attached hydrogens (tertiary/aromatic N) is 2. The summed E-state index contributed by atoms with van der Waals surface area (Å²) in [5.74, 6) is 1.17. The van der Waals surface area contributed by atoms with Gasteiger partial charge in [-0.2, -0.15) is 0 Å². The highest BCUT2D eigenvalue weighted by Gasteiger charge is 2.00. The number of nitrogens with one attached hydrogen (secondary N) is 2. The second-order valence-corrected chi connectivity index (χ2v) is 3.51. The van der Waals surface area contributed by atoms with Gasteiger partial charge < -0.3 is 10.3 Å². The number of aromatic nitrogens is 3. The Morgan fingerprint density at radius 1 is 1.44 bits per heavy atom. The molecule has 0 fully saturated rings. The summed E-state index contributed by atoms with van der Waals surface area (Å²) < 4.78 is 0. The van der Waals surface area contributed by atoms with Crippen LogP contribution < -0.4 is 5.32 Å². The smallest absolute Gasteiger partial charge is 0.127 e. The van der Waals surface area contributed by atoms with Crippen LogP contribution in [-0.2, 0) is 0 Å². The number of H-pyrrole nitrogens is 1. The van der Waals surface area contributed by atoms with Crippen molar-refractivity contribution in [1.82, 2.24) is 15.0 Å². The molecule has 0 radical (unpaired) electrons. The molecule has 0 bridgehead atoms. The Balaban J connectivity index is 1.92. The number of aromatic amines is 1. The molecule has 4 nitrogen and oxygen atoms in total. The van der Waals surface area contributed by atoms with Crippen LogP contribution in [-0.4, -0.2) is 15.0 Å². The molecule has 0 aliphatic rings. The molecule has 0 amide bonds. The number of anilines is 1. The van der Waals surface area contributed by atoms with Crippen molar-refractivity contribution < 1.29 is 0 Å². The fourth-order valence-electron chi connectivity index (χ4n) is 1.36. The second kappa shape index (κ2) is 5.11. The molecule has 16 heavy (non-hydrogen) atoms. The Morgan fingerprint density at radius 2 is 2.38 bits per heavy atom. The molecule has 2 rings (SSSR count). The summed E-state index contributed by atoms with van der Waals surface area (Å²) in [5, 5.41) is 3.10. The predicted molar refractivity (Wildman–Crippen MR) is 64.0 cm³/mol. The lowest BCUT2D eigenvalue weighted by Gasteiger charge is -2.04. The van der Waals surface area contributed by atoms with Gasteiger partial charge in [0.25, 0.3) is 0 Å². The topological polar surface area (TPSA) is 53.6 Å². The van der Waals surface area contributed by atoms with Gasteiger partial charge in [-0.15, -0.1) is 0 Å². The van der Waals surface area contributed by atoms with Gasteiger partial charge in [-0.3, -0.25) is 4.98 Å². The first-order valence-corrected chi connectivity index (χ1v) is 5.19. The van der Waals surface area contributed by atoms with Crippen LogP contribution in [0, 0.1) is 0 Å². The predicted octanol–water partition coefficient (Wildman–Crippen LogP) is 2.53. The van der Waals surface area contributed by atoms with E-state index in [0.717, 1.165) is 11.5 Å². The molecular formula is C12H14N4. The summed E-state index contributed by atoms with van der Waals surface area (Å²) >= 11 is 0. The van der Waals surface area contributed by atoms with Crippen molar-refractivity contribution in [2.75, 3.05) is 5.32 Å². The summed E-state index contributed by atoms with van der Waals surface area (Å²) in [6, 6.07) is 5.93. The van der Waals surface area contributed by atoms with Gasteiger partial charge in [0.2, 0.25) is 0 Å². The minimum Gasteiger partial charge on any atom is -0.347 e. The van der Waals surface area contributed by atoms with Gasteiger partial charge in [0.15, 0.2) is 0 Å². The van der Waals surface area contributed by atoms with Gasteiger partial charge in [-0.1, -0.05) is 19.1 Å². The summed E-state index contributed by atoms with van der Waals surface area (Å²) in [7, 11) is 0. The van der Waals surface area contributed by atoms with E-state index >= 15 is 0 Å². The van der Waals surface area contributed by atoms with Crippen LogP contribution in [0.3, 0.4) is 0 Å². The minimum atomic E-state index is 0.289. The second-order valence-electron chi connectivity index (χ2n) is 3.51. The molecule has 0 aromatic carbocycles. The summed E-state index contributed by atoms with van der Waals surface area (Å²) in [5.41, 5.74) is 1.06. The Morgan fingerprint density at radius 3 is 3.06 bits per heavy atom. The SMILES string of the molecule is CC(/C=C/Nc1cnc[nH]1)c1ccccn1. The third-order valence-corrected chi connectivity index (χ3v) is 2.28. The molecule has 0 spiro atoms. The van der Waals surface area contributed by atoms with E-state index in [-0.39, 0.29) is 5.92 Å². The lowest BCUT2D eigenvalue weighted by Crippen LogP contribution is -1.94. The van der Waals surface area contributed by atoms with Crippen molar-refractivity contribution >= 4 is 5.82 Å². The lowest BCUT2D eigenvalue weighted by atomic mass is 10.1. The summed E-state index contributed by atoms with van der Waals surface area (Å²) in [4.78, 5) is 11.2. The highest BCUT2D eigenvalue weighted by Crippen LogP contribution is 2.12. The number of hydrogen-bond donors (Lipinski definition) is 2. The highest BCUT2D eigenvalue weighted by molar-refractivity contribution is 5.34. The number of rotatable bonds is 4. The first kappa shape index (κ1) is 10.4. The minimum absolute atomic E-state index is 0.289. The van der Waals surface area contributed by atoms with Gasteiger partial charge in [-0.25, -0.2) is 4.98 Å². The molecule has 0 aliphatic carbocycles. The molecule has 1 atom stereocenters. The number of pyridine rings is 1. The van der Waals surface area contributed by atoms with Crippen molar-refractivity contribution in [2.45, 2.75) is 12.8 Å². The van der Waals surface area contributed by atoms with Crippen LogP contribution in [0.5, 0.6) is 0 Å². The van der Waals surface area contributed by atoms with Crippen LogP contribution in [0.2, 0.25) is 0 Å². The van der Waals surface area contributed by atoms with Crippen LogP contribution in [0.15, 0.2) is 49.2 Å². The highest BCUT2D eigenvalue weighted by atomic mass is 15.0. The van der Waals surface area contributed by atoms with E-state index in [2.05, 4.69) is 33.3 Å². The van der Waals surface area contributed by atoms with Gasteiger partial charge >= 0.3 is 0 Å². The van der Waals surface area contributed by atoms with E-state index in [0.29, 0.717) is 0 Å². The Bertz CT molecular complexity index is 433. The number of hydrogen-bond acceptors (Lipinski definition) is 3. The standard InChI is InChI=1S/C12H14N4/c1-10(11-4-2-3-6-14-11)5-7-15-12-8-13-9-16-12/h2-10,15H,1H3,(H,13,16)/b7-5+. The van der Waals surface area contributed by atoms with Crippen LogP contribution >= 0.6 is 0 Å². The fourth-order valence-corrected chi connectivity index (χ4v) is 1.36. The molecule has 2 aromatic rings. The molecule has 4 heteroatoms. The Hall–Kier alpha value is -2.10. The van der Waals surface area contributed by atoms with E-state index in [9.17, 15) is 0 Å². The van der Waals surface area contributed by atoms with Crippen molar-refractivity contribution in [3.63, 3.8) is 0 Å². The fraction of sp³-hybridized carbons (Fsp3) is 0.167. The molecule has 0 saturated carbocycles. The summed E-state index contributed by atoms with van der Waals surface area (Å²) in [6.45, 7) is 2.10. The van der Waals surface area contributed by atoms with Crippen molar-refractivity contribution in [3.05, 3.63) is 54.9 Å². The molecule has 82 valence electrons. The Kier molecular flexibility index (Phi) is 3.33. The zero-order valence-electron chi connectivity index (χ0n) is 9.09. The van der Waals surface area contributed by atoms with Gasteiger partial charge in [0.05, 0.1) is 12.5 Å². The molecule has 2 aromatic heterocycles. The van der Waals surface area contributed by atoms with E-state index in [1.165, 1.54) is 0 Å². The van der Waals surface area contributed by atoms with Crippen LogP contribution in [0.25, 0.3) is 0 Å². The van der Waals surface area contributed by atoms with E-state index in [4.69, 9.17) is 0 Å². The molecule has 2 N–H and O–H groups in total. The third kappa shape index (κ3) is 2.70. The zero-order chi connectivity index (χ0) is 11.2. The average Bonchev–Trinajstić information content (AvgIpc) is 2.83. The maximum absolute atomic E-state index is 4.30. The maximum atomic E-state index is 4.30. The average molecular weight is 214 g/mol. The first-order chi connectivity index (χ1) is 7.86. The monoisotopic (exact) mass is 214 g/mol. The van der Waals surface area contributed by atoms with Crippen LogP contribution in [0.4, 0.5) is 5.82 Å². The summed E-state index contributed by atoms with van der Waals surface area (Å²) in [6.07, 6.45) is 9.13. The Labute approximate surface area is 94.5 Å². The third-order valence-electron chi connectivity index (χ3n) is 2.28. The number of allylic oxidation sites excluding steroid dienone is 1. The van der Waals surface area contributed by atoms with Crippen molar-refractivity contribution in [1.29, 1.82) is 0 Å². The van der Waals surface area contributed by atoms with Gasteiger partial charge in [-0.05, 0) is 18.3 Å². The number of imidazole rings is 1. The first-order valence-electron chi connectivity index (χ1n) is 5.19. The van der Waals surface area contributed by atoms with E-state index in [1.807, 2.05) is 30.6 Å². The van der Waals surface area contributed by atoms with Gasteiger partial charge in [0.1, 0.15) is 5.82 Å². The molecular weight excluding hydrogens is 200 g/mol. The molecule has 0 aliphatic heterocycles. The van der Waals surface area contributed by atoms with Crippen molar-refractivity contribution in [3.8, 4) is 0 Å². The molecule has 0 saturated heterocycles. The maximum Gasteiger partial charge on any atom is 0.127 e. The quantitative estimate of drug-likeness (QED) is 0.822. The van der Waals surface area contributed by atoms with E-state index in [1.54, 1.807) is 12.5 Å². The molecule has 2 heterocycles. The largest absolute Gasteiger partial charge is 0.347 e. The zero-order valence-corrected chi connectivity index (χ0v) is 9.09. The molecule has 1 unspecified atom stereocenters. The van der Waals surface area contributed by atoms with Crippen molar-refractivity contribution in [2.24, 2.45) is 0 Å². The normalized spacial score (nSPS) is 12.8. The van der Waals surface area contributed by atoms with Crippen LogP contribution in [0.1, 0.15) is 18.5 Å². The van der Waals surface area contributed by atoms with E-state index < -0.39 is 0 Å². The lowest BCUT2D eigenvalue weighted by molar-refractivity contribution is 0.905. The van der Waals surface area contributed by atoms with Gasteiger partial charge in [0, 0.05) is 17.8 Å².